The highest BCUT2D eigenvalue weighted by Gasteiger charge is 1.99. The fourth-order valence-electron chi connectivity index (χ4n) is 0.874. The van der Waals surface area contributed by atoms with Crippen LogP contribution in [0.15, 0.2) is 23.2 Å². The smallest absolute Gasteiger partial charge is 0.144 e. The molecule has 0 heterocycles. The zero-order valence-electron chi connectivity index (χ0n) is 7.71. The molecule has 4 heteroatoms. The third-order valence-electron chi connectivity index (χ3n) is 1.66. The molecule has 1 rings (SSSR count). The zero-order chi connectivity index (χ0) is 10.6. The molecule has 0 saturated carbocycles. The second kappa shape index (κ2) is 4.41. The third-order valence-corrected chi connectivity index (χ3v) is 1.66. The van der Waals surface area contributed by atoms with Crippen molar-refractivity contribution in [2.24, 2.45) is 4.99 Å². The Kier molecular flexibility index (Phi) is 3.23. The number of carbonyl (C=O) groups is 1. The second-order valence-corrected chi connectivity index (χ2v) is 2.90. The molecule has 0 aromatic heterocycles. The van der Waals surface area contributed by atoms with E-state index in [1.807, 2.05) is 0 Å². The average Bonchev–Trinajstić information content (AvgIpc) is 2.16. The van der Waals surface area contributed by atoms with Crippen molar-refractivity contribution in [1.29, 1.82) is 0 Å². The predicted molar refractivity (Wildman–Crippen MR) is 52.9 cm³/mol. The molecule has 0 aliphatic carbocycles. The van der Waals surface area contributed by atoms with Gasteiger partial charge in [0.2, 0.25) is 0 Å². The van der Waals surface area contributed by atoms with Gasteiger partial charge in [0.25, 0.3) is 0 Å². The monoisotopic (exact) mass is 193 g/mol. The SMILES string of the molecule is CC(C=O)N=Cc1ccc(O)cc1O. The van der Waals surface area contributed by atoms with Crippen molar-refractivity contribution >= 4 is 12.5 Å². The molecule has 1 atom stereocenters. The maximum atomic E-state index is 10.2. The minimum absolute atomic E-state index is 0.0110. The molecule has 2 N–H and O–H groups in total. The molecule has 74 valence electrons. The van der Waals surface area contributed by atoms with Gasteiger partial charge in [0, 0.05) is 17.8 Å². The molecule has 0 radical (unpaired) electrons. The van der Waals surface area contributed by atoms with E-state index in [-0.39, 0.29) is 11.5 Å². The van der Waals surface area contributed by atoms with Gasteiger partial charge in [-0.2, -0.15) is 0 Å². The highest BCUT2D eigenvalue weighted by atomic mass is 16.3. The van der Waals surface area contributed by atoms with Crippen molar-refractivity contribution in [3.63, 3.8) is 0 Å². The molecule has 0 bridgehead atoms. The fraction of sp³-hybridized carbons (Fsp3) is 0.200. The van der Waals surface area contributed by atoms with E-state index >= 15 is 0 Å². The average molecular weight is 193 g/mol. The van der Waals surface area contributed by atoms with Gasteiger partial charge in [-0.3, -0.25) is 4.99 Å². The summed E-state index contributed by atoms with van der Waals surface area (Å²) in [6, 6.07) is 3.74. The molecule has 1 aromatic carbocycles. The molecule has 0 saturated heterocycles. The van der Waals surface area contributed by atoms with Gasteiger partial charge >= 0.3 is 0 Å². The topological polar surface area (TPSA) is 69.9 Å². The number of aliphatic imine (C=N–C) groups is 1. The number of phenols is 2. The number of aldehydes is 1. The quantitative estimate of drug-likeness (QED) is 0.558. The van der Waals surface area contributed by atoms with E-state index in [0.29, 0.717) is 11.8 Å². The fourth-order valence-corrected chi connectivity index (χ4v) is 0.874. The van der Waals surface area contributed by atoms with Gasteiger partial charge < -0.3 is 15.0 Å². The minimum Gasteiger partial charge on any atom is -0.508 e. The number of benzene rings is 1. The van der Waals surface area contributed by atoms with Gasteiger partial charge in [0.05, 0.1) is 0 Å². The van der Waals surface area contributed by atoms with Crippen molar-refractivity contribution in [2.75, 3.05) is 0 Å². The standard InChI is InChI=1S/C10H11NO3/c1-7(6-12)11-5-8-2-3-9(13)4-10(8)14/h2-7,13-14H,1H3. The molecule has 1 unspecified atom stereocenters. The van der Waals surface area contributed by atoms with Crippen LogP contribution in [0.25, 0.3) is 0 Å². The van der Waals surface area contributed by atoms with Crippen LogP contribution >= 0.6 is 0 Å². The Hall–Kier alpha value is -1.84. The van der Waals surface area contributed by atoms with Crippen LogP contribution < -0.4 is 0 Å². The first-order chi connectivity index (χ1) is 6.63. The summed E-state index contributed by atoms with van der Waals surface area (Å²) in [6.07, 6.45) is 2.10. The van der Waals surface area contributed by atoms with Crippen molar-refractivity contribution < 1.29 is 15.0 Å². The lowest BCUT2D eigenvalue weighted by molar-refractivity contribution is -0.108. The third kappa shape index (κ3) is 2.58. The Bertz CT molecular complexity index is 360. The molecule has 4 nitrogen and oxygen atoms in total. The molecule has 14 heavy (non-hydrogen) atoms. The maximum absolute atomic E-state index is 10.2. The summed E-state index contributed by atoms with van der Waals surface area (Å²) in [5.41, 5.74) is 0.469. The first-order valence-electron chi connectivity index (χ1n) is 4.14. The van der Waals surface area contributed by atoms with Crippen molar-refractivity contribution in [3.05, 3.63) is 23.8 Å². The largest absolute Gasteiger partial charge is 0.508 e. The van der Waals surface area contributed by atoms with Crippen LogP contribution in [-0.4, -0.2) is 28.8 Å². The molecule has 0 amide bonds. The van der Waals surface area contributed by atoms with E-state index in [9.17, 15) is 9.90 Å². The Balaban J connectivity index is 2.86. The number of hydrogen-bond acceptors (Lipinski definition) is 4. The van der Waals surface area contributed by atoms with Crippen molar-refractivity contribution in [1.82, 2.24) is 0 Å². The summed E-state index contributed by atoms with van der Waals surface area (Å²) >= 11 is 0. The number of phenolic OH excluding ortho intramolecular Hbond substituents is 2. The van der Waals surface area contributed by atoms with E-state index < -0.39 is 6.04 Å². The van der Waals surface area contributed by atoms with E-state index in [0.717, 1.165) is 0 Å². The maximum Gasteiger partial charge on any atom is 0.144 e. The predicted octanol–water partition coefficient (Wildman–Crippen LogP) is 1.10. The van der Waals surface area contributed by atoms with Gasteiger partial charge in [-0.1, -0.05) is 0 Å². The van der Waals surface area contributed by atoms with Crippen LogP contribution in [-0.2, 0) is 4.79 Å². The van der Waals surface area contributed by atoms with E-state index in [1.165, 1.54) is 24.4 Å². The number of carbonyl (C=O) groups excluding carboxylic acids is 1. The van der Waals surface area contributed by atoms with Crippen molar-refractivity contribution in [2.45, 2.75) is 13.0 Å². The number of nitrogens with zero attached hydrogens (tertiary/aromatic N) is 1. The summed E-state index contributed by atoms with van der Waals surface area (Å²) < 4.78 is 0. The molecule has 1 aromatic rings. The Labute approximate surface area is 81.5 Å². The summed E-state index contributed by atoms with van der Waals surface area (Å²) in [5, 5.41) is 18.3. The first kappa shape index (κ1) is 10.2. The van der Waals surface area contributed by atoms with Crippen LogP contribution in [0.3, 0.4) is 0 Å². The zero-order valence-corrected chi connectivity index (χ0v) is 7.71. The van der Waals surface area contributed by atoms with Crippen LogP contribution in [0.1, 0.15) is 12.5 Å². The summed E-state index contributed by atoms with van der Waals surface area (Å²) in [4.78, 5) is 14.1. The lowest BCUT2D eigenvalue weighted by Gasteiger charge is -1.99. The van der Waals surface area contributed by atoms with Crippen LogP contribution in [0.2, 0.25) is 0 Å². The van der Waals surface area contributed by atoms with Crippen molar-refractivity contribution in [3.8, 4) is 11.5 Å². The van der Waals surface area contributed by atoms with E-state index in [1.54, 1.807) is 6.92 Å². The second-order valence-electron chi connectivity index (χ2n) is 2.90. The van der Waals surface area contributed by atoms with E-state index in [4.69, 9.17) is 5.11 Å². The Morgan fingerprint density at radius 3 is 2.71 bits per heavy atom. The van der Waals surface area contributed by atoms with Gasteiger partial charge in [-0.15, -0.1) is 0 Å². The van der Waals surface area contributed by atoms with Gasteiger partial charge in [0.15, 0.2) is 0 Å². The lowest BCUT2D eigenvalue weighted by Crippen LogP contribution is -1.98. The first-order valence-corrected chi connectivity index (χ1v) is 4.14. The lowest BCUT2D eigenvalue weighted by atomic mass is 10.2. The molecular weight excluding hydrogens is 182 g/mol. The van der Waals surface area contributed by atoms with Gasteiger partial charge in [-0.05, 0) is 19.1 Å². The van der Waals surface area contributed by atoms with Crippen LogP contribution in [0.5, 0.6) is 11.5 Å². The van der Waals surface area contributed by atoms with Gasteiger partial charge in [0.1, 0.15) is 23.8 Å². The Morgan fingerprint density at radius 1 is 1.43 bits per heavy atom. The molecule has 0 fully saturated rings. The number of aromatic hydroxyl groups is 2. The summed E-state index contributed by atoms with van der Waals surface area (Å²) in [6.45, 7) is 1.64. The van der Waals surface area contributed by atoms with E-state index in [2.05, 4.69) is 4.99 Å². The highest BCUT2D eigenvalue weighted by Crippen LogP contribution is 2.20. The number of hydrogen-bond donors (Lipinski definition) is 2. The van der Waals surface area contributed by atoms with Crippen LogP contribution in [0, 0.1) is 0 Å². The van der Waals surface area contributed by atoms with Crippen LogP contribution in [0.4, 0.5) is 0 Å². The minimum atomic E-state index is -0.428. The highest BCUT2D eigenvalue weighted by molar-refractivity contribution is 5.84. The summed E-state index contributed by atoms with van der Waals surface area (Å²) in [5.74, 6) is -0.0741. The molecule has 0 spiro atoms. The Morgan fingerprint density at radius 2 is 2.14 bits per heavy atom. The molecule has 0 aliphatic heterocycles. The normalized spacial score (nSPS) is 12.9. The molecule has 0 aliphatic rings. The summed E-state index contributed by atoms with van der Waals surface area (Å²) in [7, 11) is 0. The van der Waals surface area contributed by atoms with Gasteiger partial charge in [-0.25, -0.2) is 0 Å². The molecular formula is C10H11NO3. The number of rotatable bonds is 3.